The maximum atomic E-state index is 15.1. The first-order valence-corrected chi connectivity index (χ1v) is 15.9. The number of allylic oxidation sites excluding steroid dienone is 2. The fourth-order valence-corrected chi connectivity index (χ4v) is 6.65. The zero-order valence-electron chi connectivity index (χ0n) is 22.7. The van der Waals surface area contributed by atoms with Crippen LogP contribution < -0.4 is 20.1 Å². The number of hydrogen-bond acceptors (Lipinski definition) is 7. The Morgan fingerprint density at radius 1 is 1.38 bits per heavy atom. The predicted molar refractivity (Wildman–Crippen MR) is 162 cm³/mol. The Bertz CT molecular complexity index is 1210. The zero-order chi connectivity index (χ0) is 27.9. The molecule has 1 aromatic heterocycles. The molecule has 0 amide bonds. The summed E-state index contributed by atoms with van der Waals surface area (Å²) in [6.07, 6.45) is 6.80. The Balaban J connectivity index is 1.64. The third-order valence-electron chi connectivity index (χ3n) is 6.62. The van der Waals surface area contributed by atoms with Crippen molar-refractivity contribution < 1.29 is 13.3 Å². The maximum Gasteiger partial charge on any atom is 0.223 e. The molecule has 212 valence electrons. The van der Waals surface area contributed by atoms with E-state index in [0.29, 0.717) is 29.1 Å². The highest BCUT2D eigenvalue weighted by Crippen LogP contribution is 2.40. The van der Waals surface area contributed by atoms with E-state index in [1.807, 2.05) is 13.0 Å². The van der Waals surface area contributed by atoms with Crippen LogP contribution in [-0.4, -0.2) is 39.1 Å². The van der Waals surface area contributed by atoms with E-state index in [2.05, 4.69) is 40.8 Å². The summed E-state index contributed by atoms with van der Waals surface area (Å²) in [4.78, 5) is 10.9. The molecule has 3 unspecified atom stereocenters. The lowest BCUT2D eigenvalue weighted by Crippen LogP contribution is -2.38. The molecule has 1 saturated heterocycles. The normalized spacial score (nSPS) is 19.6. The minimum Gasteiger partial charge on any atom is -0.460 e. The average molecular weight is 594 g/mol. The molecular weight excluding hydrogens is 557 g/mol. The molecule has 2 fully saturated rings. The van der Waals surface area contributed by atoms with Gasteiger partial charge < -0.3 is 20.1 Å². The van der Waals surface area contributed by atoms with Gasteiger partial charge in [0, 0.05) is 42.6 Å². The second-order valence-electron chi connectivity index (χ2n) is 10.2. The first kappa shape index (κ1) is 29.8. The van der Waals surface area contributed by atoms with Crippen molar-refractivity contribution >= 4 is 50.9 Å². The molecule has 11 heteroatoms. The van der Waals surface area contributed by atoms with Gasteiger partial charge in [0.15, 0.2) is 5.82 Å². The number of aromatic nitrogens is 2. The van der Waals surface area contributed by atoms with Crippen molar-refractivity contribution in [3.05, 3.63) is 58.2 Å². The molecule has 1 saturated carbocycles. The lowest BCUT2D eigenvalue weighted by atomic mass is 10.1. The van der Waals surface area contributed by atoms with Crippen LogP contribution in [0, 0.1) is 17.7 Å². The number of halogens is 2. The van der Waals surface area contributed by atoms with Crippen molar-refractivity contribution in [3.63, 3.8) is 0 Å². The Morgan fingerprint density at radius 3 is 2.82 bits per heavy atom. The smallest absolute Gasteiger partial charge is 0.223 e. The fourth-order valence-electron chi connectivity index (χ4n) is 4.16. The van der Waals surface area contributed by atoms with Crippen LogP contribution in [0.3, 0.4) is 0 Å². The number of thioether (sulfide) groups is 1. The maximum absolute atomic E-state index is 15.1. The first-order chi connectivity index (χ1) is 18.7. The van der Waals surface area contributed by atoms with Gasteiger partial charge in [-0.05, 0) is 62.5 Å². The molecule has 39 heavy (non-hydrogen) atoms. The second-order valence-corrected chi connectivity index (χ2v) is 13.1. The molecule has 2 aliphatic rings. The van der Waals surface area contributed by atoms with Crippen molar-refractivity contribution in [2.24, 2.45) is 11.8 Å². The quantitative estimate of drug-likeness (QED) is 0.216. The van der Waals surface area contributed by atoms with Crippen LogP contribution in [0.1, 0.15) is 58.6 Å². The zero-order valence-corrected chi connectivity index (χ0v) is 25.1. The van der Waals surface area contributed by atoms with Gasteiger partial charge in [-0.2, -0.15) is 0 Å². The number of piperidine rings is 1. The van der Waals surface area contributed by atoms with Gasteiger partial charge in [-0.1, -0.05) is 43.8 Å². The van der Waals surface area contributed by atoms with Gasteiger partial charge in [-0.25, -0.2) is 18.6 Å². The number of nitrogens with one attached hydrogen (secondary N) is 3. The van der Waals surface area contributed by atoms with E-state index < -0.39 is 16.8 Å². The van der Waals surface area contributed by atoms with Gasteiger partial charge >= 0.3 is 0 Å². The van der Waals surface area contributed by atoms with Gasteiger partial charge in [-0.3, -0.25) is 0 Å². The molecule has 0 radical (unpaired) electrons. The van der Waals surface area contributed by atoms with Gasteiger partial charge in [-0.15, -0.1) is 0 Å². The van der Waals surface area contributed by atoms with Gasteiger partial charge in [0.2, 0.25) is 5.95 Å². The molecular formula is C28H37ClFN5O2S2. The molecule has 0 bridgehead atoms. The summed E-state index contributed by atoms with van der Waals surface area (Å²) in [5.41, 5.74) is 0.720. The number of ether oxygens (including phenoxy) is 1. The standard InChI is InChI=1S/C28H37ClFN5O2S2/c1-5-18(4)26(37-21-13-22(29)25(23(30)14-21)35-39(36)16-19-8-9-19)27(38-17(2)3)24-10-12-32-28(34-24)33-20-7-6-11-31-15-20/h10,12-14,18-20,31,35H,2,5-9,11,15-16H2,1,3-4H3,(H,32,33,34)/b27-26+. The van der Waals surface area contributed by atoms with Crippen molar-refractivity contribution in [1.29, 1.82) is 0 Å². The first-order valence-electron chi connectivity index (χ1n) is 13.4. The summed E-state index contributed by atoms with van der Waals surface area (Å²) in [6, 6.07) is 4.93. The van der Waals surface area contributed by atoms with E-state index in [1.54, 1.807) is 12.3 Å². The molecule has 1 aromatic carbocycles. The van der Waals surface area contributed by atoms with Crippen molar-refractivity contribution in [1.82, 2.24) is 15.3 Å². The largest absolute Gasteiger partial charge is 0.460 e. The van der Waals surface area contributed by atoms with Crippen LogP contribution in [0.25, 0.3) is 4.91 Å². The highest BCUT2D eigenvalue weighted by Gasteiger charge is 2.26. The lowest BCUT2D eigenvalue weighted by molar-refractivity contribution is 0.355. The SMILES string of the molecule is C=C(C)S/C(=C(/Oc1cc(F)c(NS(=O)CC2CC2)c(Cl)c1)C(C)CC)c1ccnc(NC2CCCNC2)n1. The second kappa shape index (κ2) is 14.0. The third kappa shape index (κ3) is 8.67. The van der Waals surface area contributed by atoms with E-state index in [4.69, 9.17) is 21.3 Å². The van der Waals surface area contributed by atoms with Crippen LogP contribution in [0.5, 0.6) is 5.75 Å². The molecule has 2 aromatic rings. The van der Waals surface area contributed by atoms with Gasteiger partial charge in [0.25, 0.3) is 0 Å². The number of benzene rings is 1. The van der Waals surface area contributed by atoms with E-state index in [-0.39, 0.29) is 28.4 Å². The highest BCUT2D eigenvalue weighted by molar-refractivity contribution is 8.11. The minimum atomic E-state index is -1.39. The van der Waals surface area contributed by atoms with Gasteiger partial charge in [0.05, 0.1) is 15.6 Å². The van der Waals surface area contributed by atoms with Crippen LogP contribution >= 0.6 is 23.4 Å². The Morgan fingerprint density at radius 2 is 2.18 bits per heavy atom. The van der Waals surface area contributed by atoms with Crippen LogP contribution in [0.4, 0.5) is 16.0 Å². The minimum absolute atomic E-state index is 0.00791. The summed E-state index contributed by atoms with van der Waals surface area (Å²) < 4.78 is 36.6. The van der Waals surface area contributed by atoms with Crippen LogP contribution in [0.2, 0.25) is 5.02 Å². The van der Waals surface area contributed by atoms with Crippen LogP contribution in [-0.2, 0) is 11.0 Å². The molecule has 3 N–H and O–H groups in total. The molecule has 7 nitrogen and oxygen atoms in total. The summed E-state index contributed by atoms with van der Waals surface area (Å²) in [5, 5.41) is 6.94. The van der Waals surface area contributed by atoms with Crippen molar-refractivity contribution in [2.75, 3.05) is 28.9 Å². The summed E-state index contributed by atoms with van der Waals surface area (Å²) in [7, 11) is -1.39. The van der Waals surface area contributed by atoms with Crippen molar-refractivity contribution in [2.45, 2.75) is 58.9 Å². The Kier molecular flexibility index (Phi) is 10.7. The summed E-state index contributed by atoms with van der Waals surface area (Å²) in [6.45, 7) is 12.0. The number of hydrogen-bond donors (Lipinski definition) is 3. The van der Waals surface area contributed by atoms with Crippen molar-refractivity contribution in [3.8, 4) is 5.75 Å². The van der Waals surface area contributed by atoms with E-state index >= 15 is 4.39 Å². The van der Waals surface area contributed by atoms with Gasteiger partial charge in [0.1, 0.15) is 28.2 Å². The number of rotatable bonds is 13. The van der Waals surface area contributed by atoms with E-state index in [1.165, 1.54) is 17.8 Å². The van der Waals surface area contributed by atoms with E-state index in [9.17, 15) is 4.21 Å². The van der Waals surface area contributed by atoms with E-state index in [0.717, 1.165) is 55.0 Å². The molecule has 1 aliphatic carbocycles. The fraction of sp³-hybridized carbons (Fsp3) is 0.500. The monoisotopic (exact) mass is 593 g/mol. The Labute approximate surface area is 242 Å². The lowest BCUT2D eigenvalue weighted by Gasteiger charge is -2.24. The van der Waals surface area contributed by atoms with Crippen LogP contribution in [0.15, 0.2) is 41.6 Å². The molecule has 4 rings (SSSR count). The molecule has 1 aliphatic heterocycles. The average Bonchev–Trinajstić information content (AvgIpc) is 3.72. The summed E-state index contributed by atoms with van der Waals surface area (Å²) in [5.74, 6) is 1.75. The summed E-state index contributed by atoms with van der Waals surface area (Å²) >= 11 is 7.90. The molecule has 0 spiro atoms. The topological polar surface area (TPSA) is 88.2 Å². The number of anilines is 2. The number of nitrogens with zero attached hydrogens (tertiary/aromatic N) is 2. The third-order valence-corrected chi connectivity index (χ3v) is 9.09. The predicted octanol–water partition coefficient (Wildman–Crippen LogP) is 6.98. The molecule has 2 heterocycles. The Hall–Kier alpha value is -2.14. The molecule has 3 atom stereocenters. The highest BCUT2D eigenvalue weighted by atomic mass is 35.5.